The maximum atomic E-state index is 12.6. The van der Waals surface area contributed by atoms with Crippen molar-refractivity contribution >= 4 is 42.1 Å². The molecule has 32 heavy (non-hydrogen) atoms. The molecule has 174 valence electrons. The lowest BCUT2D eigenvalue weighted by Gasteiger charge is -2.25. The van der Waals surface area contributed by atoms with Gasteiger partial charge in [-0.1, -0.05) is 19.1 Å². The summed E-state index contributed by atoms with van der Waals surface area (Å²) >= 11 is 5.51. The first-order valence-corrected chi connectivity index (χ1v) is 12.0. The van der Waals surface area contributed by atoms with E-state index in [9.17, 15) is 9.59 Å². The van der Waals surface area contributed by atoms with E-state index in [1.54, 1.807) is 30.0 Å². The van der Waals surface area contributed by atoms with Crippen LogP contribution in [0.15, 0.2) is 53.4 Å². The van der Waals surface area contributed by atoms with Gasteiger partial charge in [-0.3, -0.25) is 10.1 Å². The van der Waals surface area contributed by atoms with E-state index in [-0.39, 0.29) is 31.5 Å². The molecule has 2 aromatic carbocycles. The number of ether oxygens (including phenoxy) is 3. The van der Waals surface area contributed by atoms with Gasteiger partial charge in [0, 0.05) is 16.5 Å². The number of aliphatic hydroxyl groups is 1. The van der Waals surface area contributed by atoms with E-state index in [1.165, 1.54) is 0 Å². The molecule has 9 heteroatoms. The van der Waals surface area contributed by atoms with Gasteiger partial charge >= 0.3 is 12.1 Å². The van der Waals surface area contributed by atoms with Crippen LogP contribution in [0, 0.1) is 5.92 Å². The van der Waals surface area contributed by atoms with Crippen LogP contribution >= 0.6 is 24.4 Å². The highest BCUT2D eigenvalue weighted by Gasteiger charge is 2.25. The van der Waals surface area contributed by atoms with Crippen LogP contribution in [0.4, 0.5) is 10.5 Å². The fourth-order valence-corrected chi connectivity index (χ4v) is 3.45. The van der Waals surface area contributed by atoms with Gasteiger partial charge in [-0.15, -0.1) is 11.8 Å². The summed E-state index contributed by atoms with van der Waals surface area (Å²) in [7, 11) is 0. The highest BCUT2D eigenvalue weighted by molar-refractivity contribution is 7.98. The molecule has 0 spiro atoms. The van der Waals surface area contributed by atoms with Crippen molar-refractivity contribution < 1.29 is 28.9 Å². The number of thioether (sulfide) groups is 1. The number of carbonyl (C=O) groups excluding carboxylic acids is 2. The van der Waals surface area contributed by atoms with Gasteiger partial charge in [-0.2, -0.15) is 12.6 Å². The molecular weight excluding hydrogens is 450 g/mol. The average molecular weight is 480 g/mol. The van der Waals surface area contributed by atoms with Gasteiger partial charge in [0.25, 0.3) is 0 Å². The quantitative estimate of drug-likeness (QED) is 0.233. The Kier molecular flexibility index (Phi) is 11.3. The number of anilines is 1. The van der Waals surface area contributed by atoms with Crippen LogP contribution in [-0.4, -0.2) is 49.0 Å². The zero-order valence-corrected chi connectivity index (χ0v) is 19.9. The van der Waals surface area contributed by atoms with Crippen molar-refractivity contribution in [2.75, 3.05) is 37.1 Å². The number of thiol groups is 1. The summed E-state index contributed by atoms with van der Waals surface area (Å²) in [4.78, 5) is 25.1. The molecule has 0 aliphatic heterocycles. The summed E-state index contributed by atoms with van der Waals surface area (Å²) in [5, 5.41) is 11.7. The number of nitrogens with one attached hydrogen (secondary N) is 1. The summed E-state index contributed by atoms with van der Waals surface area (Å²) in [6.07, 6.45) is 1.27. The van der Waals surface area contributed by atoms with Crippen molar-refractivity contribution in [3.63, 3.8) is 0 Å². The maximum Gasteiger partial charge on any atom is 0.412 e. The van der Waals surface area contributed by atoms with Crippen LogP contribution in [-0.2, 0) is 14.3 Å². The highest BCUT2D eigenvalue weighted by Crippen LogP contribution is 2.31. The van der Waals surface area contributed by atoms with E-state index in [2.05, 4.69) is 17.9 Å². The van der Waals surface area contributed by atoms with Crippen molar-refractivity contribution in [1.29, 1.82) is 0 Å². The van der Waals surface area contributed by atoms with Crippen molar-refractivity contribution in [2.24, 2.45) is 5.92 Å². The van der Waals surface area contributed by atoms with E-state index < -0.39 is 18.2 Å². The molecule has 0 unspecified atom stereocenters. The zero-order valence-electron chi connectivity index (χ0n) is 18.2. The van der Waals surface area contributed by atoms with Crippen LogP contribution in [0.25, 0.3) is 0 Å². The first kappa shape index (κ1) is 25.9. The largest absolute Gasteiger partial charge is 0.491 e. The second kappa shape index (κ2) is 13.9. The molecule has 2 rings (SSSR count). The third-order valence-corrected chi connectivity index (χ3v) is 5.60. The topological polar surface area (TPSA) is 94.1 Å². The van der Waals surface area contributed by atoms with Crippen LogP contribution in [0.5, 0.6) is 5.75 Å². The van der Waals surface area contributed by atoms with Gasteiger partial charge < -0.3 is 19.3 Å². The molecule has 0 saturated carbocycles. The summed E-state index contributed by atoms with van der Waals surface area (Å²) in [6, 6.07) is 14.6. The van der Waals surface area contributed by atoms with Crippen LogP contribution in [0.1, 0.15) is 25.0 Å². The molecule has 0 aliphatic rings. The molecule has 2 atom stereocenters. The van der Waals surface area contributed by atoms with Gasteiger partial charge in [0.15, 0.2) is 0 Å². The van der Waals surface area contributed by atoms with Gasteiger partial charge in [0.1, 0.15) is 18.5 Å². The molecule has 0 radical (unpaired) electrons. The smallest absolute Gasteiger partial charge is 0.412 e. The Balaban J connectivity index is 2.13. The molecule has 2 N–H and O–H groups in total. The predicted octanol–water partition coefficient (Wildman–Crippen LogP) is 4.57. The Labute approximate surface area is 198 Å². The second-order valence-corrected chi connectivity index (χ2v) is 8.16. The maximum absolute atomic E-state index is 12.6. The lowest BCUT2D eigenvalue weighted by atomic mass is 9.94. The van der Waals surface area contributed by atoms with Crippen molar-refractivity contribution in [1.82, 2.24) is 0 Å². The Morgan fingerprint density at radius 2 is 1.91 bits per heavy atom. The molecule has 0 aromatic heterocycles. The van der Waals surface area contributed by atoms with Crippen LogP contribution < -0.4 is 10.1 Å². The minimum atomic E-state index is -0.604. The number of esters is 1. The number of hydrogen-bond donors (Lipinski definition) is 3. The lowest BCUT2D eigenvalue weighted by Crippen LogP contribution is -2.23. The fourth-order valence-electron chi connectivity index (χ4n) is 2.95. The number of benzene rings is 2. The highest BCUT2D eigenvalue weighted by atomic mass is 32.2. The van der Waals surface area contributed by atoms with E-state index in [0.717, 1.165) is 10.5 Å². The van der Waals surface area contributed by atoms with Gasteiger partial charge in [0.2, 0.25) is 0 Å². The number of amides is 1. The minimum Gasteiger partial charge on any atom is -0.491 e. The molecule has 0 saturated heterocycles. The van der Waals surface area contributed by atoms with Gasteiger partial charge in [-0.25, -0.2) is 4.79 Å². The van der Waals surface area contributed by atoms with E-state index in [1.807, 2.05) is 43.5 Å². The molecule has 2 aromatic rings. The number of rotatable bonds is 12. The van der Waals surface area contributed by atoms with Gasteiger partial charge in [0.05, 0.1) is 19.0 Å². The SMILES string of the molecule is CSc1ccc(NC(=O)O[C@@H](c2cccc(OCCO)c2)[C@@H](C)CCOC(=O)CS)cc1. The minimum absolute atomic E-state index is 0.0102. The second-order valence-electron chi connectivity index (χ2n) is 6.97. The van der Waals surface area contributed by atoms with Gasteiger partial charge in [-0.05, 0) is 54.6 Å². The number of carbonyl (C=O) groups is 2. The first-order valence-electron chi connectivity index (χ1n) is 10.2. The summed E-state index contributed by atoms with van der Waals surface area (Å²) in [6.45, 7) is 2.17. The normalized spacial score (nSPS) is 12.5. The Bertz CT molecular complexity index is 862. The molecule has 0 heterocycles. The Morgan fingerprint density at radius 3 is 2.56 bits per heavy atom. The number of hydrogen-bond acceptors (Lipinski definition) is 8. The molecule has 0 fully saturated rings. The average Bonchev–Trinajstić information content (AvgIpc) is 2.81. The molecule has 7 nitrogen and oxygen atoms in total. The van der Waals surface area contributed by atoms with E-state index in [4.69, 9.17) is 19.3 Å². The molecule has 0 aliphatic carbocycles. The van der Waals surface area contributed by atoms with Crippen molar-refractivity contribution in [3.05, 3.63) is 54.1 Å². The standard InChI is InChI=1S/C23H29NO6S2/c1-16(10-12-29-21(26)15-31)22(17-4-3-5-19(14-17)28-13-11-25)30-23(27)24-18-6-8-20(32-2)9-7-18/h3-9,14,16,22,25,31H,10-13,15H2,1-2H3,(H,24,27)/t16-,22+/m0/s1. The van der Waals surface area contributed by atoms with E-state index >= 15 is 0 Å². The lowest BCUT2D eigenvalue weighted by molar-refractivity contribution is -0.141. The predicted molar refractivity (Wildman–Crippen MR) is 129 cm³/mol. The van der Waals surface area contributed by atoms with Crippen LogP contribution in [0.3, 0.4) is 0 Å². The fraction of sp³-hybridized carbons (Fsp3) is 0.391. The Hall–Kier alpha value is -2.36. The summed E-state index contributed by atoms with van der Waals surface area (Å²) in [5.74, 6) is 0.0206. The molecule has 0 bridgehead atoms. The molecular formula is C23H29NO6S2. The Morgan fingerprint density at radius 1 is 1.16 bits per heavy atom. The van der Waals surface area contributed by atoms with E-state index in [0.29, 0.717) is 17.9 Å². The zero-order chi connectivity index (χ0) is 23.3. The summed E-state index contributed by atoms with van der Waals surface area (Å²) < 4.78 is 16.4. The first-order chi connectivity index (χ1) is 15.5. The molecule has 1 amide bonds. The third-order valence-electron chi connectivity index (χ3n) is 4.60. The third kappa shape index (κ3) is 8.64. The van der Waals surface area contributed by atoms with Crippen molar-refractivity contribution in [2.45, 2.75) is 24.3 Å². The number of aliphatic hydroxyl groups excluding tert-OH is 1. The summed E-state index contributed by atoms with van der Waals surface area (Å²) in [5.41, 5.74) is 1.36. The van der Waals surface area contributed by atoms with Crippen molar-refractivity contribution in [3.8, 4) is 5.75 Å². The van der Waals surface area contributed by atoms with Crippen LogP contribution in [0.2, 0.25) is 0 Å². The monoisotopic (exact) mass is 479 g/mol.